The molecule has 0 fully saturated rings. The summed E-state index contributed by atoms with van der Waals surface area (Å²) in [6.07, 6.45) is 1.82. The van der Waals surface area contributed by atoms with E-state index in [1.165, 1.54) is 0 Å². The van der Waals surface area contributed by atoms with E-state index < -0.39 is 0 Å². The SMILES string of the molecule is COCC(CCCN)NCC(N)=O. The van der Waals surface area contributed by atoms with Gasteiger partial charge in [-0.2, -0.15) is 0 Å². The van der Waals surface area contributed by atoms with E-state index in [9.17, 15) is 4.79 Å². The van der Waals surface area contributed by atoms with E-state index >= 15 is 0 Å². The lowest BCUT2D eigenvalue weighted by Crippen LogP contribution is -2.39. The zero-order chi connectivity index (χ0) is 10.1. The van der Waals surface area contributed by atoms with Crippen LogP contribution >= 0.6 is 0 Å². The maximum Gasteiger partial charge on any atom is 0.231 e. The predicted octanol–water partition coefficient (Wildman–Crippen LogP) is -1.18. The molecule has 78 valence electrons. The van der Waals surface area contributed by atoms with Crippen molar-refractivity contribution >= 4 is 5.91 Å². The van der Waals surface area contributed by atoms with Gasteiger partial charge in [-0.3, -0.25) is 4.79 Å². The van der Waals surface area contributed by atoms with Crippen LogP contribution in [0.25, 0.3) is 0 Å². The highest BCUT2D eigenvalue weighted by molar-refractivity contribution is 5.75. The highest BCUT2D eigenvalue weighted by atomic mass is 16.5. The van der Waals surface area contributed by atoms with E-state index in [0.717, 1.165) is 12.8 Å². The number of hydrogen-bond donors (Lipinski definition) is 3. The van der Waals surface area contributed by atoms with E-state index in [2.05, 4.69) is 5.32 Å². The summed E-state index contributed by atoms with van der Waals surface area (Å²) in [4.78, 5) is 10.5. The Bertz CT molecular complexity index is 141. The van der Waals surface area contributed by atoms with E-state index in [-0.39, 0.29) is 18.5 Å². The summed E-state index contributed by atoms with van der Waals surface area (Å²) in [5.41, 5.74) is 10.4. The molecule has 5 nitrogen and oxygen atoms in total. The molecule has 13 heavy (non-hydrogen) atoms. The summed E-state index contributed by atoms with van der Waals surface area (Å²) >= 11 is 0. The Morgan fingerprint density at radius 3 is 2.77 bits per heavy atom. The van der Waals surface area contributed by atoms with Gasteiger partial charge in [0.25, 0.3) is 0 Å². The predicted molar refractivity (Wildman–Crippen MR) is 51.1 cm³/mol. The van der Waals surface area contributed by atoms with Crippen molar-refractivity contribution in [3.63, 3.8) is 0 Å². The van der Waals surface area contributed by atoms with Crippen molar-refractivity contribution in [2.75, 3.05) is 26.8 Å². The summed E-state index contributed by atoms with van der Waals surface area (Å²) in [6, 6.07) is 0.168. The lowest BCUT2D eigenvalue weighted by atomic mass is 10.1. The Morgan fingerprint density at radius 2 is 2.31 bits per heavy atom. The number of carbonyl (C=O) groups is 1. The summed E-state index contributed by atoms with van der Waals surface area (Å²) < 4.78 is 4.98. The quantitative estimate of drug-likeness (QED) is 0.448. The van der Waals surface area contributed by atoms with Gasteiger partial charge in [0.15, 0.2) is 0 Å². The standard InChI is InChI=1S/C8H19N3O2/c1-13-6-7(3-2-4-9)11-5-8(10)12/h7,11H,2-6,9H2,1H3,(H2,10,12). The number of nitrogens with two attached hydrogens (primary N) is 2. The van der Waals surface area contributed by atoms with Crippen LogP contribution in [0.1, 0.15) is 12.8 Å². The second-order valence-electron chi connectivity index (χ2n) is 2.93. The molecule has 0 aromatic rings. The van der Waals surface area contributed by atoms with Crippen LogP contribution in [0, 0.1) is 0 Å². The highest BCUT2D eigenvalue weighted by Crippen LogP contribution is 1.95. The summed E-state index contributed by atoms with van der Waals surface area (Å²) in [6.45, 7) is 1.42. The van der Waals surface area contributed by atoms with Gasteiger partial charge in [0.2, 0.25) is 5.91 Å². The van der Waals surface area contributed by atoms with Gasteiger partial charge < -0.3 is 21.5 Å². The third-order valence-corrected chi connectivity index (χ3v) is 1.69. The first kappa shape index (κ1) is 12.3. The molecule has 0 aliphatic heterocycles. The van der Waals surface area contributed by atoms with Gasteiger partial charge in [0, 0.05) is 13.2 Å². The number of ether oxygens (including phenoxy) is 1. The van der Waals surface area contributed by atoms with E-state index in [1.54, 1.807) is 7.11 Å². The van der Waals surface area contributed by atoms with Crippen LogP contribution in [0.2, 0.25) is 0 Å². The summed E-state index contributed by atoms with van der Waals surface area (Å²) in [5, 5.41) is 3.00. The Morgan fingerprint density at radius 1 is 1.62 bits per heavy atom. The van der Waals surface area contributed by atoms with Crippen molar-refractivity contribution in [3.8, 4) is 0 Å². The molecule has 0 radical (unpaired) electrons. The molecule has 0 saturated heterocycles. The van der Waals surface area contributed by atoms with Gasteiger partial charge in [-0.25, -0.2) is 0 Å². The van der Waals surface area contributed by atoms with Gasteiger partial charge in [0.05, 0.1) is 13.2 Å². The second kappa shape index (κ2) is 7.97. The Labute approximate surface area is 78.8 Å². The molecule has 0 heterocycles. The zero-order valence-electron chi connectivity index (χ0n) is 8.08. The van der Waals surface area contributed by atoms with Crippen LogP contribution in [-0.4, -0.2) is 38.8 Å². The third kappa shape index (κ3) is 7.70. The molecule has 0 saturated carbocycles. The first-order chi connectivity index (χ1) is 6.20. The first-order valence-corrected chi connectivity index (χ1v) is 4.41. The fraction of sp³-hybridized carbons (Fsp3) is 0.875. The van der Waals surface area contributed by atoms with Crippen molar-refractivity contribution in [1.82, 2.24) is 5.32 Å². The minimum Gasteiger partial charge on any atom is -0.383 e. The zero-order valence-corrected chi connectivity index (χ0v) is 8.08. The Balaban J connectivity index is 3.59. The summed E-state index contributed by atoms with van der Waals surface area (Å²) in [7, 11) is 1.63. The van der Waals surface area contributed by atoms with Crippen LogP contribution in [0.15, 0.2) is 0 Å². The normalized spacial score (nSPS) is 12.8. The van der Waals surface area contributed by atoms with Gasteiger partial charge in [0.1, 0.15) is 0 Å². The fourth-order valence-corrected chi connectivity index (χ4v) is 1.05. The van der Waals surface area contributed by atoms with Crippen molar-refractivity contribution in [2.45, 2.75) is 18.9 Å². The molecule has 0 aromatic carbocycles. The van der Waals surface area contributed by atoms with Crippen LogP contribution in [0.4, 0.5) is 0 Å². The van der Waals surface area contributed by atoms with Crippen molar-refractivity contribution in [2.24, 2.45) is 11.5 Å². The highest BCUT2D eigenvalue weighted by Gasteiger charge is 2.07. The van der Waals surface area contributed by atoms with E-state index in [1.807, 2.05) is 0 Å². The molecule has 0 aliphatic carbocycles. The second-order valence-corrected chi connectivity index (χ2v) is 2.93. The lowest BCUT2D eigenvalue weighted by Gasteiger charge is -2.16. The van der Waals surface area contributed by atoms with Crippen molar-refractivity contribution in [1.29, 1.82) is 0 Å². The Kier molecular flexibility index (Phi) is 7.57. The van der Waals surface area contributed by atoms with Crippen LogP contribution in [0.5, 0.6) is 0 Å². The van der Waals surface area contributed by atoms with Gasteiger partial charge in [-0.05, 0) is 19.4 Å². The molecule has 0 aromatic heterocycles. The fourth-order valence-electron chi connectivity index (χ4n) is 1.05. The van der Waals surface area contributed by atoms with E-state index in [0.29, 0.717) is 13.2 Å². The molecule has 5 N–H and O–H groups in total. The Hall–Kier alpha value is -0.650. The molecular weight excluding hydrogens is 170 g/mol. The number of methoxy groups -OCH3 is 1. The average molecular weight is 189 g/mol. The number of amides is 1. The monoisotopic (exact) mass is 189 g/mol. The summed E-state index contributed by atoms with van der Waals surface area (Å²) in [5.74, 6) is -0.353. The maximum absolute atomic E-state index is 10.5. The number of carbonyl (C=O) groups excluding carboxylic acids is 1. The average Bonchev–Trinajstić information content (AvgIpc) is 2.09. The lowest BCUT2D eigenvalue weighted by molar-refractivity contribution is -0.117. The molecule has 1 unspecified atom stereocenters. The molecular formula is C8H19N3O2. The maximum atomic E-state index is 10.5. The smallest absolute Gasteiger partial charge is 0.231 e. The largest absolute Gasteiger partial charge is 0.383 e. The number of nitrogens with one attached hydrogen (secondary N) is 1. The molecule has 1 atom stereocenters. The molecule has 5 heteroatoms. The van der Waals surface area contributed by atoms with E-state index in [4.69, 9.17) is 16.2 Å². The van der Waals surface area contributed by atoms with Gasteiger partial charge in [-0.15, -0.1) is 0 Å². The molecule has 0 aliphatic rings. The minimum absolute atomic E-state index is 0.168. The van der Waals surface area contributed by atoms with Crippen molar-refractivity contribution < 1.29 is 9.53 Å². The minimum atomic E-state index is -0.353. The molecule has 0 rings (SSSR count). The molecule has 0 spiro atoms. The van der Waals surface area contributed by atoms with Gasteiger partial charge in [-0.1, -0.05) is 0 Å². The molecule has 0 bridgehead atoms. The van der Waals surface area contributed by atoms with Gasteiger partial charge >= 0.3 is 0 Å². The number of hydrogen-bond acceptors (Lipinski definition) is 4. The number of rotatable bonds is 8. The van der Waals surface area contributed by atoms with Crippen LogP contribution < -0.4 is 16.8 Å². The molecule has 1 amide bonds. The van der Waals surface area contributed by atoms with Crippen LogP contribution in [0.3, 0.4) is 0 Å². The van der Waals surface area contributed by atoms with Crippen LogP contribution in [-0.2, 0) is 9.53 Å². The third-order valence-electron chi connectivity index (χ3n) is 1.69. The number of primary amides is 1. The topological polar surface area (TPSA) is 90.4 Å². The first-order valence-electron chi connectivity index (χ1n) is 4.41. The van der Waals surface area contributed by atoms with Crippen molar-refractivity contribution in [3.05, 3.63) is 0 Å².